The van der Waals surface area contributed by atoms with E-state index in [1.807, 2.05) is 23.0 Å². The van der Waals surface area contributed by atoms with E-state index in [1.54, 1.807) is 12.5 Å². The molecule has 1 N–H and O–H groups in total. The van der Waals surface area contributed by atoms with Crippen LogP contribution in [-0.4, -0.2) is 21.1 Å². The van der Waals surface area contributed by atoms with Crippen molar-refractivity contribution in [3.8, 4) is 5.82 Å². The molecule has 2 rings (SSSR count). The summed E-state index contributed by atoms with van der Waals surface area (Å²) in [4.78, 5) is 8.42. The molecule has 0 aromatic carbocycles. The van der Waals surface area contributed by atoms with Crippen molar-refractivity contribution in [3.05, 3.63) is 37.1 Å². The van der Waals surface area contributed by atoms with Gasteiger partial charge in [0, 0.05) is 18.9 Å². The number of aromatic nitrogens is 3. The highest BCUT2D eigenvalue weighted by Gasteiger charge is 2.03. The second-order valence-corrected chi connectivity index (χ2v) is 4.44. The van der Waals surface area contributed by atoms with Crippen LogP contribution in [0.1, 0.15) is 26.7 Å². The molecule has 4 nitrogen and oxygen atoms in total. The summed E-state index contributed by atoms with van der Waals surface area (Å²) >= 11 is 0. The molecule has 0 saturated heterocycles. The minimum absolute atomic E-state index is 0.735. The molecule has 0 aliphatic carbocycles. The van der Waals surface area contributed by atoms with Crippen molar-refractivity contribution in [2.24, 2.45) is 5.92 Å². The van der Waals surface area contributed by atoms with Crippen LogP contribution in [-0.2, 0) is 0 Å². The van der Waals surface area contributed by atoms with E-state index >= 15 is 0 Å². The van der Waals surface area contributed by atoms with Crippen LogP contribution in [0, 0.1) is 5.92 Å². The van der Waals surface area contributed by atoms with Gasteiger partial charge in [0.05, 0.1) is 11.9 Å². The lowest BCUT2D eigenvalue weighted by Gasteiger charge is -2.14. The summed E-state index contributed by atoms with van der Waals surface area (Å²) in [5.41, 5.74) is 1.07. The van der Waals surface area contributed by atoms with Gasteiger partial charge in [-0.25, -0.2) is 9.97 Å². The van der Waals surface area contributed by atoms with E-state index in [0.717, 1.165) is 24.0 Å². The fourth-order valence-corrected chi connectivity index (χ4v) is 1.88. The Bertz CT molecular complexity index is 443. The highest BCUT2D eigenvalue weighted by molar-refractivity contribution is 5.43. The van der Waals surface area contributed by atoms with Gasteiger partial charge in [-0.3, -0.25) is 4.57 Å². The van der Waals surface area contributed by atoms with E-state index < -0.39 is 0 Å². The highest BCUT2D eigenvalue weighted by Crippen LogP contribution is 2.12. The smallest absolute Gasteiger partial charge is 0.137 e. The molecule has 0 radical (unpaired) electrons. The van der Waals surface area contributed by atoms with Crippen molar-refractivity contribution in [2.45, 2.75) is 26.7 Å². The quantitative estimate of drug-likeness (QED) is 0.849. The van der Waals surface area contributed by atoms with Gasteiger partial charge in [0.2, 0.25) is 0 Å². The Morgan fingerprint density at radius 2 is 2.11 bits per heavy atom. The summed E-state index contributed by atoms with van der Waals surface area (Å²) in [7, 11) is 0. The maximum absolute atomic E-state index is 4.41. The Kier molecular flexibility index (Phi) is 4.34. The zero-order valence-corrected chi connectivity index (χ0v) is 11.0. The third-order valence-electron chi connectivity index (χ3n) is 3.27. The fraction of sp³-hybridized carbons (Fsp3) is 0.429. The van der Waals surface area contributed by atoms with Gasteiger partial charge in [-0.05, 0) is 18.1 Å². The molecule has 0 atom stereocenters. The summed E-state index contributed by atoms with van der Waals surface area (Å²) in [6.45, 7) is 5.48. The van der Waals surface area contributed by atoms with Crippen LogP contribution in [0.25, 0.3) is 5.82 Å². The number of imidazole rings is 1. The largest absolute Gasteiger partial charge is 0.384 e. The second-order valence-electron chi connectivity index (χ2n) is 4.44. The SMILES string of the molecule is CCC(CC)CNc1ccc(-n2ccnc2)nc1. The average Bonchev–Trinajstić information content (AvgIpc) is 2.94. The number of hydrogen-bond donors (Lipinski definition) is 1. The number of pyridine rings is 1. The maximum Gasteiger partial charge on any atom is 0.137 e. The van der Waals surface area contributed by atoms with E-state index in [0.29, 0.717) is 0 Å². The van der Waals surface area contributed by atoms with Gasteiger partial charge in [0.15, 0.2) is 0 Å². The van der Waals surface area contributed by atoms with E-state index in [1.165, 1.54) is 12.8 Å². The number of rotatable bonds is 6. The number of nitrogens with zero attached hydrogens (tertiary/aromatic N) is 3. The van der Waals surface area contributed by atoms with Crippen molar-refractivity contribution in [1.29, 1.82) is 0 Å². The first-order valence-corrected chi connectivity index (χ1v) is 6.51. The predicted octanol–water partition coefficient (Wildman–Crippen LogP) is 3.12. The van der Waals surface area contributed by atoms with Crippen molar-refractivity contribution in [1.82, 2.24) is 14.5 Å². The third kappa shape index (κ3) is 3.09. The molecular formula is C14H20N4. The van der Waals surface area contributed by atoms with Crippen molar-refractivity contribution in [2.75, 3.05) is 11.9 Å². The van der Waals surface area contributed by atoms with Crippen LogP contribution in [0.2, 0.25) is 0 Å². The van der Waals surface area contributed by atoms with Crippen LogP contribution >= 0.6 is 0 Å². The molecule has 0 amide bonds. The lowest BCUT2D eigenvalue weighted by Crippen LogP contribution is -2.12. The Balaban J connectivity index is 1.96. The summed E-state index contributed by atoms with van der Waals surface area (Å²) < 4.78 is 1.89. The molecular weight excluding hydrogens is 224 g/mol. The highest BCUT2D eigenvalue weighted by atomic mass is 15.1. The van der Waals surface area contributed by atoms with Gasteiger partial charge in [0.1, 0.15) is 12.1 Å². The Morgan fingerprint density at radius 1 is 1.28 bits per heavy atom. The minimum Gasteiger partial charge on any atom is -0.384 e. The number of nitrogens with one attached hydrogen (secondary N) is 1. The van der Waals surface area contributed by atoms with Crippen molar-refractivity contribution < 1.29 is 0 Å². The van der Waals surface area contributed by atoms with Crippen LogP contribution < -0.4 is 5.32 Å². The van der Waals surface area contributed by atoms with E-state index in [-0.39, 0.29) is 0 Å². The molecule has 0 aliphatic heterocycles. The molecule has 0 aliphatic rings. The summed E-state index contributed by atoms with van der Waals surface area (Å²) in [6, 6.07) is 4.06. The van der Waals surface area contributed by atoms with Gasteiger partial charge in [-0.15, -0.1) is 0 Å². The van der Waals surface area contributed by atoms with E-state index in [9.17, 15) is 0 Å². The van der Waals surface area contributed by atoms with Crippen LogP contribution in [0.3, 0.4) is 0 Å². The van der Waals surface area contributed by atoms with Crippen LogP contribution in [0.15, 0.2) is 37.1 Å². The zero-order chi connectivity index (χ0) is 12.8. The van der Waals surface area contributed by atoms with Gasteiger partial charge >= 0.3 is 0 Å². The first-order chi connectivity index (χ1) is 8.83. The maximum atomic E-state index is 4.41. The van der Waals surface area contributed by atoms with Crippen molar-refractivity contribution in [3.63, 3.8) is 0 Å². The Morgan fingerprint density at radius 3 is 2.67 bits per heavy atom. The lowest BCUT2D eigenvalue weighted by molar-refractivity contribution is 0.519. The van der Waals surface area contributed by atoms with E-state index in [2.05, 4.69) is 35.2 Å². The number of anilines is 1. The molecule has 2 aromatic heterocycles. The molecule has 0 fully saturated rings. The topological polar surface area (TPSA) is 42.7 Å². The van der Waals surface area contributed by atoms with Gasteiger partial charge in [0.25, 0.3) is 0 Å². The predicted molar refractivity (Wildman–Crippen MR) is 73.9 cm³/mol. The van der Waals surface area contributed by atoms with Gasteiger partial charge < -0.3 is 5.32 Å². The molecule has 2 heterocycles. The Labute approximate surface area is 108 Å². The van der Waals surface area contributed by atoms with Gasteiger partial charge in [-0.1, -0.05) is 26.7 Å². The lowest BCUT2D eigenvalue weighted by atomic mass is 10.0. The molecule has 2 aromatic rings. The normalized spacial score (nSPS) is 10.8. The molecule has 4 heteroatoms. The van der Waals surface area contributed by atoms with Crippen LogP contribution in [0.5, 0.6) is 0 Å². The van der Waals surface area contributed by atoms with Gasteiger partial charge in [-0.2, -0.15) is 0 Å². The fourth-order valence-electron chi connectivity index (χ4n) is 1.88. The number of hydrogen-bond acceptors (Lipinski definition) is 3. The standard InChI is InChI=1S/C14H20N4/c1-3-12(4-2)9-16-13-5-6-14(17-10-13)18-8-7-15-11-18/h5-8,10-12,16H,3-4,9H2,1-2H3. The molecule has 0 saturated carbocycles. The monoisotopic (exact) mass is 244 g/mol. The molecule has 0 unspecified atom stereocenters. The third-order valence-corrected chi connectivity index (χ3v) is 3.27. The molecule has 0 spiro atoms. The summed E-state index contributed by atoms with van der Waals surface area (Å²) in [6.07, 6.45) is 9.69. The van der Waals surface area contributed by atoms with Crippen molar-refractivity contribution >= 4 is 5.69 Å². The van der Waals surface area contributed by atoms with E-state index in [4.69, 9.17) is 0 Å². The molecule has 18 heavy (non-hydrogen) atoms. The first kappa shape index (κ1) is 12.6. The minimum atomic E-state index is 0.735. The molecule has 96 valence electrons. The summed E-state index contributed by atoms with van der Waals surface area (Å²) in [5.74, 6) is 1.62. The zero-order valence-electron chi connectivity index (χ0n) is 11.0. The average molecular weight is 244 g/mol. The Hall–Kier alpha value is -1.84. The second kappa shape index (κ2) is 6.19. The first-order valence-electron chi connectivity index (χ1n) is 6.51. The molecule has 0 bridgehead atoms. The van der Waals surface area contributed by atoms with Crippen LogP contribution in [0.4, 0.5) is 5.69 Å². The summed E-state index contributed by atoms with van der Waals surface area (Å²) in [5, 5.41) is 3.43.